The van der Waals surface area contributed by atoms with Crippen LogP contribution in [0.15, 0.2) is 0 Å². The first-order valence-corrected chi connectivity index (χ1v) is 7.19. The predicted molar refractivity (Wildman–Crippen MR) is 82.6 cm³/mol. The molecule has 1 aromatic rings. The molecule has 1 fully saturated rings. The smallest absolute Gasteiger partial charge is 0.255 e. The fourth-order valence-electron chi connectivity index (χ4n) is 2.68. The van der Waals surface area contributed by atoms with Crippen molar-refractivity contribution in [2.75, 3.05) is 13.1 Å². The second kappa shape index (κ2) is 7.64. The lowest BCUT2D eigenvalue weighted by molar-refractivity contribution is 0.0928. The van der Waals surface area contributed by atoms with Crippen LogP contribution in [0, 0.1) is 13.8 Å². The summed E-state index contributed by atoms with van der Waals surface area (Å²) in [5.41, 5.74) is 2.56. The third kappa shape index (κ3) is 3.73. The Bertz CT molecular complexity index is 452. The Hall–Kier alpha value is -1.07. The number of rotatable bonds is 4. The molecule has 20 heavy (non-hydrogen) atoms. The molecule has 0 atom stereocenters. The van der Waals surface area contributed by atoms with Crippen molar-refractivity contribution in [2.45, 2.75) is 52.6 Å². The lowest BCUT2D eigenvalue weighted by Gasteiger charge is -2.23. The van der Waals surface area contributed by atoms with Gasteiger partial charge in [-0.1, -0.05) is 6.92 Å². The molecule has 2 rings (SSSR count). The van der Waals surface area contributed by atoms with Crippen molar-refractivity contribution in [3.63, 3.8) is 0 Å². The maximum Gasteiger partial charge on any atom is 0.255 e. The highest BCUT2D eigenvalue weighted by Gasteiger charge is 2.21. The van der Waals surface area contributed by atoms with E-state index in [0.717, 1.165) is 55.8 Å². The van der Waals surface area contributed by atoms with Gasteiger partial charge in [0, 0.05) is 18.3 Å². The van der Waals surface area contributed by atoms with E-state index in [1.165, 1.54) is 0 Å². The fraction of sp³-hybridized carbons (Fsp3) is 0.714. The predicted octanol–water partition coefficient (Wildman–Crippen LogP) is 1.81. The first-order valence-electron chi connectivity index (χ1n) is 7.19. The summed E-state index contributed by atoms with van der Waals surface area (Å²) in [6.45, 7) is 8.85. The van der Waals surface area contributed by atoms with Gasteiger partial charge in [0.1, 0.15) is 0 Å². The SMILES string of the molecule is CCCn1nc(C)c(C(=O)NC2CCNCC2)c1C.Cl. The van der Waals surface area contributed by atoms with Gasteiger partial charge in [0.2, 0.25) is 0 Å². The Kier molecular flexibility index (Phi) is 6.49. The van der Waals surface area contributed by atoms with Gasteiger partial charge < -0.3 is 10.6 Å². The highest BCUT2D eigenvalue weighted by Crippen LogP contribution is 2.14. The number of amides is 1. The minimum absolute atomic E-state index is 0. The number of aromatic nitrogens is 2. The minimum Gasteiger partial charge on any atom is -0.349 e. The van der Waals surface area contributed by atoms with Crippen LogP contribution in [0.2, 0.25) is 0 Å². The topological polar surface area (TPSA) is 59.0 Å². The molecule has 6 heteroatoms. The quantitative estimate of drug-likeness (QED) is 0.891. The monoisotopic (exact) mass is 300 g/mol. The number of piperidine rings is 1. The van der Waals surface area contributed by atoms with Gasteiger partial charge in [-0.05, 0) is 46.2 Å². The van der Waals surface area contributed by atoms with E-state index in [1.807, 2.05) is 18.5 Å². The van der Waals surface area contributed by atoms with Crippen LogP contribution in [0.5, 0.6) is 0 Å². The number of hydrogen-bond donors (Lipinski definition) is 2. The maximum absolute atomic E-state index is 12.4. The van der Waals surface area contributed by atoms with Crippen molar-refractivity contribution < 1.29 is 4.79 Å². The van der Waals surface area contributed by atoms with Gasteiger partial charge in [-0.3, -0.25) is 9.48 Å². The van der Waals surface area contributed by atoms with Crippen LogP contribution in [0.4, 0.5) is 0 Å². The zero-order valence-electron chi connectivity index (χ0n) is 12.5. The standard InChI is InChI=1S/C14H24N4O.ClH/c1-4-9-18-11(3)13(10(2)17-18)14(19)16-12-5-7-15-8-6-12;/h12,15H,4-9H2,1-3H3,(H,16,19);1H. The first-order chi connectivity index (χ1) is 9.13. The number of nitrogens with zero attached hydrogens (tertiary/aromatic N) is 2. The molecule has 2 heterocycles. The molecular weight excluding hydrogens is 276 g/mol. The second-order valence-corrected chi connectivity index (χ2v) is 5.27. The Morgan fingerprint density at radius 3 is 2.65 bits per heavy atom. The van der Waals surface area contributed by atoms with E-state index in [-0.39, 0.29) is 18.3 Å². The van der Waals surface area contributed by atoms with E-state index in [1.54, 1.807) is 0 Å². The molecule has 1 aliphatic heterocycles. The molecule has 1 aliphatic rings. The largest absolute Gasteiger partial charge is 0.349 e. The summed E-state index contributed by atoms with van der Waals surface area (Å²) in [7, 11) is 0. The van der Waals surface area contributed by atoms with Crippen LogP contribution >= 0.6 is 12.4 Å². The van der Waals surface area contributed by atoms with Crippen LogP contribution in [-0.4, -0.2) is 34.8 Å². The number of nitrogens with one attached hydrogen (secondary N) is 2. The summed E-state index contributed by atoms with van der Waals surface area (Å²) >= 11 is 0. The molecule has 0 bridgehead atoms. The highest BCUT2D eigenvalue weighted by molar-refractivity contribution is 5.96. The summed E-state index contributed by atoms with van der Waals surface area (Å²) in [6.07, 6.45) is 3.04. The van der Waals surface area contributed by atoms with E-state index in [0.29, 0.717) is 6.04 Å². The summed E-state index contributed by atoms with van der Waals surface area (Å²) in [4.78, 5) is 12.4. The Morgan fingerprint density at radius 1 is 1.40 bits per heavy atom. The van der Waals surface area contributed by atoms with Crippen molar-refractivity contribution in [1.29, 1.82) is 0 Å². The molecule has 1 aromatic heterocycles. The van der Waals surface area contributed by atoms with Gasteiger partial charge in [0.25, 0.3) is 5.91 Å². The minimum atomic E-state index is 0. The number of aryl methyl sites for hydroxylation is 2. The summed E-state index contributed by atoms with van der Waals surface area (Å²) in [5, 5.41) is 10.9. The second-order valence-electron chi connectivity index (χ2n) is 5.27. The molecule has 0 aliphatic carbocycles. The van der Waals surface area contributed by atoms with E-state index >= 15 is 0 Å². The first kappa shape index (κ1) is 17.0. The number of hydrogen-bond acceptors (Lipinski definition) is 3. The number of halogens is 1. The average Bonchev–Trinajstić information content (AvgIpc) is 2.66. The molecule has 0 radical (unpaired) electrons. The van der Waals surface area contributed by atoms with Crippen molar-refractivity contribution >= 4 is 18.3 Å². The van der Waals surface area contributed by atoms with Crippen LogP contribution in [-0.2, 0) is 6.54 Å². The molecular formula is C14H25ClN4O. The maximum atomic E-state index is 12.4. The zero-order chi connectivity index (χ0) is 13.8. The normalized spacial score (nSPS) is 15.8. The van der Waals surface area contributed by atoms with Crippen molar-refractivity contribution in [2.24, 2.45) is 0 Å². The number of carbonyl (C=O) groups excluding carboxylic acids is 1. The van der Waals surface area contributed by atoms with Gasteiger partial charge >= 0.3 is 0 Å². The van der Waals surface area contributed by atoms with E-state index in [2.05, 4.69) is 22.7 Å². The lowest BCUT2D eigenvalue weighted by atomic mass is 10.1. The van der Waals surface area contributed by atoms with Gasteiger partial charge in [0.05, 0.1) is 11.3 Å². The molecule has 1 saturated heterocycles. The van der Waals surface area contributed by atoms with Crippen LogP contribution in [0.3, 0.4) is 0 Å². The van der Waals surface area contributed by atoms with E-state index in [9.17, 15) is 4.79 Å². The Balaban J connectivity index is 0.00000200. The summed E-state index contributed by atoms with van der Waals surface area (Å²) < 4.78 is 1.94. The molecule has 1 amide bonds. The van der Waals surface area contributed by atoms with Crippen LogP contribution in [0.25, 0.3) is 0 Å². The highest BCUT2D eigenvalue weighted by atomic mass is 35.5. The Labute approximate surface area is 126 Å². The van der Waals surface area contributed by atoms with Gasteiger partial charge in [-0.25, -0.2) is 0 Å². The molecule has 5 nitrogen and oxygen atoms in total. The van der Waals surface area contributed by atoms with Crippen molar-refractivity contribution in [3.05, 3.63) is 17.0 Å². The van der Waals surface area contributed by atoms with Gasteiger partial charge in [0.15, 0.2) is 0 Å². The third-order valence-electron chi connectivity index (χ3n) is 3.72. The van der Waals surface area contributed by atoms with Gasteiger partial charge in [-0.15, -0.1) is 12.4 Å². The number of carbonyl (C=O) groups is 1. The van der Waals surface area contributed by atoms with E-state index in [4.69, 9.17) is 0 Å². The molecule has 0 spiro atoms. The zero-order valence-corrected chi connectivity index (χ0v) is 13.3. The molecule has 2 N–H and O–H groups in total. The fourth-order valence-corrected chi connectivity index (χ4v) is 2.68. The molecule has 0 aromatic carbocycles. The summed E-state index contributed by atoms with van der Waals surface area (Å²) in [6, 6.07) is 0.294. The van der Waals surface area contributed by atoms with Crippen LogP contribution in [0.1, 0.15) is 47.9 Å². The lowest BCUT2D eigenvalue weighted by Crippen LogP contribution is -2.43. The molecule has 0 unspecified atom stereocenters. The molecule has 114 valence electrons. The third-order valence-corrected chi connectivity index (χ3v) is 3.72. The van der Waals surface area contributed by atoms with E-state index < -0.39 is 0 Å². The summed E-state index contributed by atoms with van der Waals surface area (Å²) in [5.74, 6) is 0.0317. The Morgan fingerprint density at radius 2 is 2.05 bits per heavy atom. The van der Waals surface area contributed by atoms with Crippen molar-refractivity contribution in [3.8, 4) is 0 Å². The van der Waals surface area contributed by atoms with Gasteiger partial charge in [-0.2, -0.15) is 5.10 Å². The van der Waals surface area contributed by atoms with Crippen LogP contribution < -0.4 is 10.6 Å². The average molecular weight is 301 g/mol. The molecule has 0 saturated carbocycles. The van der Waals surface area contributed by atoms with Crippen molar-refractivity contribution in [1.82, 2.24) is 20.4 Å².